The molecule has 20 heavy (non-hydrogen) atoms. The van der Waals surface area contributed by atoms with Crippen molar-refractivity contribution in [3.63, 3.8) is 0 Å². The van der Waals surface area contributed by atoms with Crippen LogP contribution in [0.2, 0.25) is 0 Å². The molecule has 2 atom stereocenters. The molecule has 120 valence electrons. The number of rotatable bonds is 11. The molecule has 3 heteroatoms. The van der Waals surface area contributed by atoms with E-state index < -0.39 is 0 Å². The summed E-state index contributed by atoms with van der Waals surface area (Å²) in [4.78, 5) is 4.92. The third-order valence-corrected chi connectivity index (χ3v) is 4.66. The van der Waals surface area contributed by atoms with Crippen molar-refractivity contribution in [2.24, 2.45) is 5.92 Å². The van der Waals surface area contributed by atoms with E-state index in [1.54, 1.807) is 0 Å². The molecule has 0 aromatic carbocycles. The van der Waals surface area contributed by atoms with Crippen LogP contribution in [0.1, 0.15) is 52.4 Å². The average molecular weight is 284 g/mol. The minimum atomic E-state index is 0.801. The largest absolute Gasteiger partial charge is 0.314 e. The van der Waals surface area contributed by atoms with Crippen molar-refractivity contribution in [1.29, 1.82) is 0 Å². The van der Waals surface area contributed by atoms with Gasteiger partial charge in [0.1, 0.15) is 0 Å². The maximum Gasteiger partial charge on any atom is 0.00958 e. The molecule has 1 fully saturated rings. The van der Waals surface area contributed by atoms with Crippen LogP contribution >= 0.6 is 0 Å². The first-order valence-electron chi connectivity index (χ1n) is 8.77. The normalized spacial score (nSPS) is 23.1. The number of nitrogens with zero attached hydrogens (tertiary/aromatic N) is 2. The topological polar surface area (TPSA) is 18.5 Å². The number of nitrogens with one attached hydrogen (secondary N) is 1. The molecule has 0 heterocycles. The van der Waals surface area contributed by atoms with Crippen molar-refractivity contribution >= 4 is 0 Å². The van der Waals surface area contributed by atoms with Gasteiger partial charge in [-0.25, -0.2) is 0 Å². The van der Waals surface area contributed by atoms with Gasteiger partial charge in [-0.3, -0.25) is 0 Å². The van der Waals surface area contributed by atoms with E-state index in [2.05, 4.69) is 43.1 Å². The van der Waals surface area contributed by atoms with Gasteiger partial charge in [-0.1, -0.05) is 20.3 Å². The summed E-state index contributed by atoms with van der Waals surface area (Å²) in [5.41, 5.74) is 0. The Balaban J connectivity index is 2.21. The first kappa shape index (κ1) is 17.9. The van der Waals surface area contributed by atoms with Gasteiger partial charge in [0.25, 0.3) is 0 Å². The molecule has 0 aromatic rings. The molecule has 1 saturated carbocycles. The standard InChI is InChI=1S/C17H37N3/c1-5-12-18-17-10-7-9-16(17)11-15-20(6-2)14-8-13-19(3)4/h16-18H,5-15H2,1-4H3. The Kier molecular flexibility index (Phi) is 9.49. The van der Waals surface area contributed by atoms with Crippen LogP contribution in [-0.4, -0.2) is 62.7 Å². The van der Waals surface area contributed by atoms with E-state index in [1.165, 1.54) is 71.2 Å². The van der Waals surface area contributed by atoms with Crippen LogP contribution in [0.4, 0.5) is 0 Å². The summed E-state index contributed by atoms with van der Waals surface area (Å²) < 4.78 is 0. The summed E-state index contributed by atoms with van der Waals surface area (Å²) in [6.07, 6.45) is 8.21. The van der Waals surface area contributed by atoms with Gasteiger partial charge in [0.05, 0.1) is 0 Å². The summed E-state index contributed by atoms with van der Waals surface area (Å²) in [7, 11) is 4.33. The highest BCUT2D eigenvalue weighted by Crippen LogP contribution is 2.28. The van der Waals surface area contributed by atoms with Gasteiger partial charge in [0.2, 0.25) is 0 Å². The van der Waals surface area contributed by atoms with Gasteiger partial charge in [0, 0.05) is 6.04 Å². The number of hydrogen-bond acceptors (Lipinski definition) is 3. The molecule has 0 radical (unpaired) electrons. The third-order valence-electron chi connectivity index (χ3n) is 4.66. The Morgan fingerprint density at radius 2 is 1.85 bits per heavy atom. The van der Waals surface area contributed by atoms with Crippen LogP contribution in [0.25, 0.3) is 0 Å². The van der Waals surface area contributed by atoms with E-state index in [4.69, 9.17) is 0 Å². The van der Waals surface area contributed by atoms with E-state index >= 15 is 0 Å². The summed E-state index contributed by atoms with van der Waals surface area (Å²) >= 11 is 0. The highest BCUT2D eigenvalue weighted by molar-refractivity contribution is 4.83. The maximum absolute atomic E-state index is 3.76. The van der Waals surface area contributed by atoms with Crippen molar-refractivity contribution < 1.29 is 0 Å². The lowest BCUT2D eigenvalue weighted by atomic mass is 9.99. The zero-order valence-corrected chi connectivity index (χ0v) is 14.3. The monoisotopic (exact) mass is 283 g/mol. The van der Waals surface area contributed by atoms with E-state index in [1.807, 2.05) is 0 Å². The van der Waals surface area contributed by atoms with Gasteiger partial charge < -0.3 is 15.1 Å². The minimum absolute atomic E-state index is 0.801. The van der Waals surface area contributed by atoms with Crippen molar-refractivity contribution in [1.82, 2.24) is 15.1 Å². The van der Waals surface area contributed by atoms with Crippen LogP contribution in [0.5, 0.6) is 0 Å². The second-order valence-corrected chi connectivity index (χ2v) is 6.63. The molecular weight excluding hydrogens is 246 g/mol. The lowest BCUT2D eigenvalue weighted by molar-refractivity contribution is 0.238. The van der Waals surface area contributed by atoms with Crippen LogP contribution in [0.15, 0.2) is 0 Å². The Labute approximate surface area is 127 Å². The summed E-state index contributed by atoms with van der Waals surface area (Å²) in [6.45, 7) is 10.7. The second-order valence-electron chi connectivity index (χ2n) is 6.63. The highest BCUT2D eigenvalue weighted by Gasteiger charge is 2.26. The fourth-order valence-corrected chi connectivity index (χ4v) is 3.37. The average Bonchev–Trinajstić information content (AvgIpc) is 2.87. The molecule has 0 amide bonds. The Bertz CT molecular complexity index is 230. The molecule has 1 N–H and O–H groups in total. The van der Waals surface area contributed by atoms with E-state index in [9.17, 15) is 0 Å². The quantitative estimate of drug-likeness (QED) is 0.629. The first-order valence-corrected chi connectivity index (χ1v) is 8.77. The molecule has 3 nitrogen and oxygen atoms in total. The van der Waals surface area contributed by atoms with Gasteiger partial charge in [0.15, 0.2) is 0 Å². The van der Waals surface area contributed by atoms with Crippen molar-refractivity contribution in [3.05, 3.63) is 0 Å². The number of hydrogen-bond donors (Lipinski definition) is 1. The SMILES string of the molecule is CCCNC1CCCC1CCN(CC)CCCN(C)C. The Hall–Kier alpha value is -0.120. The van der Waals surface area contributed by atoms with Crippen molar-refractivity contribution in [2.45, 2.75) is 58.4 Å². The van der Waals surface area contributed by atoms with Crippen LogP contribution < -0.4 is 5.32 Å². The predicted octanol–water partition coefficient (Wildman–Crippen LogP) is 2.82. The zero-order chi connectivity index (χ0) is 14.8. The van der Waals surface area contributed by atoms with Gasteiger partial charge >= 0.3 is 0 Å². The van der Waals surface area contributed by atoms with Crippen LogP contribution in [-0.2, 0) is 0 Å². The summed E-state index contributed by atoms with van der Waals surface area (Å²) in [5.74, 6) is 0.921. The lowest BCUT2D eigenvalue weighted by Gasteiger charge is -2.26. The molecule has 1 aliphatic carbocycles. The first-order chi connectivity index (χ1) is 9.67. The molecule has 0 saturated heterocycles. The minimum Gasteiger partial charge on any atom is -0.314 e. The molecule has 0 aliphatic heterocycles. The second kappa shape index (κ2) is 10.6. The fourth-order valence-electron chi connectivity index (χ4n) is 3.37. The van der Waals surface area contributed by atoms with Gasteiger partial charge in [-0.15, -0.1) is 0 Å². The van der Waals surface area contributed by atoms with E-state index in [0.717, 1.165) is 12.0 Å². The van der Waals surface area contributed by atoms with Crippen molar-refractivity contribution in [3.8, 4) is 0 Å². The molecule has 2 unspecified atom stereocenters. The summed E-state index contributed by atoms with van der Waals surface area (Å²) in [5, 5.41) is 3.76. The summed E-state index contributed by atoms with van der Waals surface area (Å²) in [6, 6.07) is 0.801. The van der Waals surface area contributed by atoms with E-state index in [0.29, 0.717) is 0 Å². The van der Waals surface area contributed by atoms with Crippen LogP contribution in [0.3, 0.4) is 0 Å². The van der Waals surface area contributed by atoms with Crippen LogP contribution in [0, 0.1) is 5.92 Å². The molecular formula is C17H37N3. The van der Waals surface area contributed by atoms with Gasteiger partial charge in [-0.05, 0) is 84.8 Å². The third kappa shape index (κ3) is 7.05. The molecule has 0 bridgehead atoms. The lowest BCUT2D eigenvalue weighted by Crippen LogP contribution is -2.35. The maximum atomic E-state index is 3.76. The molecule has 0 spiro atoms. The Morgan fingerprint density at radius 1 is 1.05 bits per heavy atom. The predicted molar refractivity (Wildman–Crippen MR) is 89.3 cm³/mol. The van der Waals surface area contributed by atoms with E-state index in [-0.39, 0.29) is 0 Å². The fraction of sp³-hybridized carbons (Fsp3) is 1.00. The van der Waals surface area contributed by atoms with Crippen molar-refractivity contribution in [2.75, 3.05) is 46.8 Å². The van der Waals surface area contributed by atoms with Gasteiger partial charge in [-0.2, -0.15) is 0 Å². The highest BCUT2D eigenvalue weighted by atomic mass is 15.1. The Morgan fingerprint density at radius 3 is 2.50 bits per heavy atom. The zero-order valence-electron chi connectivity index (χ0n) is 14.3. The molecule has 1 rings (SSSR count). The smallest absolute Gasteiger partial charge is 0.00958 e. The molecule has 1 aliphatic rings. The molecule has 0 aromatic heterocycles.